The molecule has 0 heterocycles. The zero-order valence-electron chi connectivity index (χ0n) is 13.4. The van der Waals surface area contributed by atoms with E-state index in [0.29, 0.717) is 11.5 Å². The van der Waals surface area contributed by atoms with Crippen LogP contribution in [0.15, 0.2) is 54.1 Å². The maximum atomic E-state index is 2.58. The predicted molar refractivity (Wildman–Crippen MR) is 93.2 cm³/mol. The Bertz CT molecular complexity index is 484. The molecular formula is C19H28Si. The first kappa shape index (κ1) is 15.3. The molecule has 2 unspecified atom stereocenters. The van der Waals surface area contributed by atoms with Crippen LogP contribution >= 0.6 is 0 Å². The van der Waals surface area contributed by atoms with Gasteiger partial charge in [-0.2, -0.15) is 0 Å². The fraction of sp³-hybridized carbons (Fsp3) is 0.474. The summed E-state index contributed by atoms with van der Waals surface area (Å²) in [7, 11) is -1.46. The minimum atomic E-state index is -1.46. The van der Waals surface area contributed by atoms with Crippen molar-refractivity contribution in [3.05, 3.63) is 54.1 Å². The molecule has 1 heteroatoms. The van der Waals surface area contributed by atoms with Gasteiger partial charge in [0.1, 0.15) is 0 Å². The number of hydrogen-bond acceptors (Lipinski definition) is 0. The van der Waals surface area contributed by atoms with Crippen molar-refractivity contribution in [1.82, 2.24) is 0 Å². The van der Waals surface area contributed by atoms with Crippen molar-refractivity contribution in [1.29, 1.82) is 0 Å². The van der Waals surface area contributed by atoms with E-state index in [0.717, 1.165) is 0 Å². The lowest BCUT2D eigenvalue weighted by atomic mass is 10.1. The Morgan fingerprint density at radius 3 is 2.40 bits per heavy atom. The third kappa shape index (κ3) is 3.14. The highest BCUT2D eigenvalue weighted by Crippen LogP contribution is 2.36. The monoisotopic (exact) mass is 284 g/mol. The molecule has 0 amide bonds. The van der Waals surface area contributed by atoms with E-state index in [9.17, 15) is 0 Å². The predicted octanol–water partition coefficient (Wildman–Crippen LogP) is 5.29. The largest absolute Gasteiger partial charge is 0.0941 e. The summed E-state index contributed by atoms with van der Waals surface area (Å²) in [6, 6.07) is 12.7. The van der Waals surface area contributed by atoms with E-state index in [1.807, 2.05) is 0 Å². The molecular weight excluding hydrogens is 256 g/mol. The zero-order valence-corrected chi connectivity index (χ0v) is 14.4. The van der Waals surface area contributed by atoms with E-state index < -0.39 is 8.07 Å². The molecule has 0 bridgehead atoms. The summed E-state index contributed by atoms with van der Waals surface area (Å²) in [5, 5.41) is 1.62. The van der Waals surface area contributed by atoms with Gasteiger partial charge in [-0.15, -0.1) is 0 Å². The van der Waals surface area contributed by atoms with E-state index in [1.165, 1.54) is 24.5 Å². The van der Waals surface area contributed by atoms with Gasteiger partial charge in [-0.3, -0.25) is 0 Å². The lowest BCUT2D eigenvalue weighted by Gasteiger charge is -2.32. The average molecular weight is 285 g/mol. The van der Waals surface area contributed by atoms with E-state index in [-0.39, 0.29) is 0 Å². The van der Waals surface area contributed by atoms with Gasteiger partial charge in [-0.1, -0.05) is 100.0 Å². The van der Waals surface area contributed by atoms with Crippen molar-refractivity contribution in [3.8, 4) is 0 Å². The third-order valence-electron chi connectivity index (χ3n) is 4.75. The van der Waals surface area contributed by atoms with Gasteiger partial charge in [0.2, 0.25) is 0 Å². The van der Waals surface area contributed by atoms with Crippen LogP contribution in [0.4, 0.5) is 0 Å². The molecule has 20 heavy (non-hydrogen) atoms. The molecule has 108 valence electrons. The van der Waals surface area contributed by atoms with Gasteiger partial charge >= 0.3 is 0 Å². The first-order valence-electron chi connectivity index (χ1n) is 8.03. The fourth-order valence-electron chi connectivity index (χ4n) is 3.18. The maximum Gasteiger partial charge on any atom is 0.0941 e. The molecule has 1 aliphatic carbocycles. The molecule has 0 N–H and O–H groups in total. The summed E-state index contributed by atoms with van der Waals surface area (Å²) >= 11 is 0. The SMILES string of the molecule is CCCC[Si](C)(c1ccccc1)C1C=CC(C(C)C)=C1. The summed E-state index contributed by atoms with van der Waals surface area (Å²) in [6.07, 6.45) is 10.1. The summed E-state index contributed by atoms with van der Waals surface area (Å²) in [6.45, 7) is 9.48. The van der Waals surface area contributed by atoms with E-state index >= 15 is 0 Å². The molecule has 0 saturated carbocycles. The fourth-order valence-corrected chi connectivity index (χ4v) is 7.31. The Morgan fingerprint density at radius 2 is 1.85 bits per heavy atom. The van der Waals surface area contributed by atoms with Gasteiger partial charge in [0.25, 0.3) is 0 Å². The second-order valence-corrected chi connectivity index (χ2v) is 11.2. The third-order valence-corrected chi connectivity index (χ3v) is 9.63. The van der Waals surface area contributed by atoms with Crippen molar-refractivity contribution < 1.29 is 0 Å². The molecule has 2 rings (SSSR count). The summed E-state index contributed by atoms with van der Waals surface area (Å²) in [5.41, 5.74) is 2.20. The molecule has 0 nitrogen and oxygen atoms in total. The molecule has 0 aliphatic heterocycles. The molecule has 0 fully saturated rings. The Labute approximate surface area is 125 Å². The summed E-state index contributed by atoms with van der Waals surface area (Å²) < 4.78 is 0. The van der Waals surface area contributed by atoms with Crippen LogP contribution in [0.5, 0.6) is 0 Å². The Hall–Kier alpha value is -1.08. The van der Waals surface area contributed by atoms with Gasteiger partial charge in [0.05, 0.1) is 8.07 Å². The lowest BCUT2D eigenvalue weighted by molar-refractivity contribution is 0.792. The van der Waals surface area contributed by atoms with Crippen molar-refractivity contribution in [3.63, 3.8) is 0 Å². The second kappa shape index (κ2) is 6.58. The van der Waals surface area contributed by atoms with E-state index in [1.54, 1.807) is 5.19 Å². The molecule has 0 radical (unpaired) electrons. The van der Waals surface area contributed by atoms with Gasteiger partial charge in [0.15, 0.2) is 0 Å². The van der Waals surface area contributed by atoms with Crippen LogP contribution in [0.3, 0.4) is 0 Å². The molecule has 1 aromatic rings. The van der Waals surface area contributed by atoms with Crippen LogP contribution in [0, 0.1) is 5.92 Å². The highest BCUT2D eigenvalue weighted by atomic mass is 28.3. The lowest BCUT2D eigenvalue weighted by Crippen LogP contribution is -2.47. The zero-order chi connectivity index (χ0) is 14.6. The number of hydrogen-bond donors (Lipinski definition) is 0. The van der Waals surface area contributed by atoms with Gasteiger partial charge < -0.3 is 0 Å². The molecule has 0 aromatic heterocycles. The van der Waals surface area contributed by atoms with E-state index in [4.69, 9.17) is 0 Å². The molecule has 1 aliphatic rings. The van der Waals surface area contributed by atoms with E-state index in [2.05, 4.69) is 75.9 Å². The average Bonchev–Trinajstić information content (AvgIpc) is 2.96. The van der Waals surface area contributed by atoms with Crippen molar-refractivity contribution in [2.24, 2.45) is 5.92 Å². The molecule has 0 saturated heterocycles. The standard InChI is InChI=1S/C19H28Si/c1-5-6-14-20(4,18-10-8-7-9-11-18)19-13-12-17(15-19)16(2)3/h7-13,15-16,19H,5-6,14H2,1-4H3. The van der Waals surface area contributed by atoms with Crippen LogP contribution in [0.2, 0.25) is 18.1 Å². The van der Waals surface area contributed by atoms with Crippen molar-refractivity contribution in [2.45, 2.75) is 51.7 Å². The van der Waals surface area contributed by atoms with Gasteiger partial charge in [0, 0.05) is 0 Å². The number of allylic oxidation sites excluding steroid dienone is 4. The van der Waals surface area contributed by atoms with Gasteiger partial charge in [-0.05, 0) is 17.0 Å². The first-order valence-corrected chi connectivity index (χ1v) is 10.8. The number of benzene rings is 1. The second-order valence-electron chi connectivity index (χ2n) is 6.59. The Kier molecular flexibility index (Phi) is 5.04. The quantitative estimate of drug-likeness (QED) is 0.622. The van der Waals surface area contributed by atoms with Crippen LogP contribution in [-0.2, 0) is 0 Å². The first-order chi connectivity index (χ1) is 9.58. The molecule has 2 atom stereocenters. The highest BCUT2D eigenvalue weighted by molar-refractivity contribution is 6.92. The van der Waals surface area contributed by atoms with Crippen LogP contribution < -0.4 is 5.19 Å². The minimum absolute atomic E-state index is 0.649. The van der Waals surface area contributed by atoms with Crippen LogP contribution in [-0.4, -0.2) is 8.07 Å². The van der Waals surface area contributed by atoms with Crippen LogP contribution in [0.1, 0.15) is 33.6 Å². The number of unbranched alkanes of at least 4 members (excludes halogenated alkanes) is 1. The normalized spacial score (nSPS) is 21.1. The number of rotatable bonds is 6. The maximum absolute atomic E-state index is 2.58. The topological polar surface area (TPSA) is 0 Å². The minimum Gasteiger partial charge on any atom is -0.0797 e. The molecule has 1 aromatic carbocycles. The van der Waals surface area contributed by atoms with Crippen molar-refractivity contribution in [2.75, 3.05) is 0 Å². The Balaban J connectivity index is 2.32. The van der Waals surface area contributed by atoms with Crippen molar-refractivity contribution >= 4 is 13.3 Å². The Morgan fingerprint density at radius 1 is 1.15 bits per heavy atom. The highest BCUT2D eigenvalue weighted by Gasteiger charge is 2.36. The molecule has 0 spiro atoms. The van der Waals surface area contributed by atoms with Gasteiger partial charge in [-0.25, -0.2) is 0 Å². The van der Waals surface area contributed by atoms with Crippen LogP contribution in [0.25, 0.3) is 0 Å². The summed E-state index contributed by atoms with van der Waals surface area (Å²) in [4.78, 5) is 0. The smallest absolute Gasteiger partial charge is 0.0797 e. The summed E-state index contributed by atoms with van der Waals surface area (Å²) in [5.74, 6) is 0.649.